The largest absolute Gasteiger partial charge is 0.508 e. The number of aryl methyl sites for hydroxylation is 1. The molecule has 0 radical (unpaired) electrons. The van der Waals surface area contributed by atoms with Gasteiger partial charge in [-0.15, -0.1) is 0 Å². The van der Waals surface area contributed by atoms with Gasteiger partial charge in [0, 0.05) is 25.6 Å². The van der Waals surface area contributed by atoms with Crippen LogP contribution in [0.15, 0.2) is 39.8 Å². The van der Waals surface area contributed by atoms with Crippen LogP contribution >= 0.6 is 0 Å². The summed E-state index contributed by atoms with van der Waals surface area (Å²) >= 11 is 0. The van der Waals surface area contributed by atoms with E-state index in [4.69, 9.17) is 4.52 Å². The second-order valence-corrected chi connectivity index (χ2v) is 6.35. The Labute approximate surface area is 155 Å². The van der Waals surface area contributed by atoms with Gasteiger partial charge >= 0.3 is 0 Å². The van der Waals surface area contributed by atoms with Gasteiger partial charge in [-0.2, -0.15) is 0 Å². The lowest BCUT2D eigenvalue weighted by molar-refractivity contribution is 0.368. The summed E-state index contributed by atoms with van der Waals surface area (Å²) in [6.07, 6.45) is 4.07. The third-order valence-electron chi connectivity index (χ3n) is 4.51. The van der Waals surface area contributed by atoms with Crippen molar-refractivity contribution in [2.75, 3.05) is 13.6 Å². The van der Waals surface area contributed by atoms with Crippen LogP contribution in [0.3, 0.4) is 0 Å². The summed E-state index contributed by atoms with van der Waals surface area (Å²) < 4.78 is 5.42. The number of aliphatic imine (C=N–C) groups is 1. The molecule has 26 heavy (non-hydrogen) atoms. The maximum Gasteiger partial charge on any atom is 0.191 e. The van der Waals surface area contributed by atoms with Crippen LogP contribution in [-0.4, -0.2) is 29.8 Å². The van der Waals surface area contributed by atoms with E-state index in [1.807, 2.05) is 18.2 Å². The molecule has 6 nitrogen and oxygen atoms in total. The number of hydrogen-bond donors (Lipinski definition) is 3. The normalized spacial score (nSPS) is 11.8. The third kappa shape index (κ3) is 6.10. The highest BCUT2D eigenvalue weighted by molar-refractivity contribution is 5.79. The van der Waals surface area contributed by atoms with Gasteiger partial charge in [-0.3, -0.25) is 4.99 Å². The number of phenolic OH excluding ortho intramolecular Hbond substituents is 1. The summed E-state index contributed by atoms with van der Waals surface area (Å²) in [4.78, 5) is 4.23. The SMILES string of the molecule is CCC(CC)c1cc(CNC(=NC)NCCCc2ccc(O)cc2)on1. The van der Waals surface area contributed by atoms with Crippen molar-refractivity contribution in [1.29, 1.82) is 0 Å². The molecule has 0 aliphatic heterocycles. The lowest BCUT2D eigenvalue weighted by Crippen LogP contribution is -2.37. The van der Waals surface area contributed by atoms with Crippen molar-refractivity contribution in [3.8, 4) is 5.75 Å². The number of benzene rings is 1. The molecule has 0 atom stereocenters. The maximum absolute atomic E-state index is 9.30. The minimum Gasteiger partial charge on any atom is -0.508 e. The molecule has 0 spiro atoms. The van der Waals surface area contributed by atoms with Gasteiger partial charge in [0.1, 0.15) is 5.75 Å². The van der Waals surface area contributed by atoms with Crippen molar-refractivity contribution in [2.24, 2.45) is 4.99 Å². The van der Waals surface area contributed by atoms with E-state index in [0.29, 0.717) is 18.2 Å². The van der Waals surface area contributed by atoms with Crippen LogP contribution in [0.1, 0.15) is 56.0 Å². The molecule has 0 saturated heterocycles. The van der Waals surface area contributed by atoms with Crippen LogP contribution in [0.4, 0.5) is 0 Å². The van der Waals surface area contributed by atoms with E-state index in [1.165, 1.54) is 5.56 Å². The number of guanidine groups is 1. The molecule has 1 aromatic carbocycles. The molecule has 6 heteroatoms. The monoisotopic (exact) mass is 358 g/mol. The number of phenols is 1. The second kappa shape index (κ2) is 10.5. The van der Waals surface area contributed by atoms with Gasteiger partial charge in [-0.05, 0) is 43.4 Å². The van der Waals surface area contributed by atoms with Crippen molar-refractivity contribution >= 4 is 5.96 Å². The van der Waals surface area contributed by atoms with Crippen molar-refractivity contribution < 1.29 is 9.63 Å². The van der Waals surface area contributed by atoms with Crippen LogP contribution in [0, 0.1) is 0 Å². The fraction of sp³-hybridized carbons (Fsp3) is 0.500. The number of hydrogen-bond acceptors (Lipinski definition) is 4. The average Bonchev–Trinajstić information content (AvgIpc) is 3.12. The highest BCUT2D eigenvalue weighted by Crippen LogP contribution is 2.22. The Morgan fingerprint density at radius 1 is 1.19 bits per heavy atom. The average molecular weight is 358 g/mol. The Bertz CT molecular complexity index is 675. The van der Waals surface area contributed by atoms with Crippen molar-refractivity contribution in [1.82, 2.24) is 15.8 Å². The number of aromatic nitrogens is 1. The van der Waals surface area contributed by atoms with Gasteiger partial charge in [0.05, 0.1) is 12.2 Å². The quantitative estimate of drug-likeness (QED) is 0.362. The van der Waals surface area contributed by atoms with Gasteiger partial charge < -0.3 is 20.3 Å². The number of nitrogens with zero attached hydrogens (tertiary/aromatic N) is 2. The minimum atomic E-state index is 0.302. The van der Waals surface area contributed by atoms with Gasteiger partial charge in [0.15, 0.2) is 11.7 Å². The Morgan fingerprint density at radius 3 is 2.58 bits per heavy atom. The van der Waals surface area contributed by atoms with E-state index >= 15 is 0 Å². The number of rotatable bonds is 9. The summed E-state index contributed by atoms with van der Waals surface area (Å²) in [5, 5.41) is 20.0. The minimum absolute atomic E-state index is 0.302. The first kappa shape index (κ1) is 19.8. The van der Waals surface area contributed by atoms with Gasteiger partial charge in [0.25, 0.3) is 0 Å². The first-order chi connectivity index (χ1) is 12.7. The van der Waals surface area contributed by atoms with Crippen LogP contribution in [-0.2, 0) is 13.0 Å². The molecule has 142 valence electrons. The Hall–Kier alpha value is -2.50. The van der Waals surface area contributed by atoms with E-state index < -0.39 is 0 Å². The number of aromatic hydroxyl groups is 1. The highest BCUT2D eigenvalue weighted by Gasteiger charge is 2.13. The molecule has 0 unspecified atom stereocenters. The number of nitrogens with one attached hydrogen (secondary N) is 2. The zero-order chi connectivity index (χ0) is 18.8. The fourth-order valence-electron chi connectivity index (χ4n) is 2.86. The zero-order valence-corrected chi connectivity index (χ0v) is 16.0. The molecule has 0 bridgehead atoms. The Kier molecular flexibility index (Phi) is 7.99. The Morgan fingerprint density at radius 2 is 1.92 bits per heavy atom. The molecular formula is C20H30N4O2. The van der Waals surface area contributed by atoms with E-state index in [-0.39, 0.29) is 0 Å². The molecule has 2 aromatic rings. The van der Waals surface area contributed by atoms with Crippen LogP contribution in [0.25, 0.3) is 0 Å². The van der Waals surface area contributed by atoms with Crippen molar-refractivity contribution in [3.63, 3.8) is 0 Å². The maximum atomic E-state index is 9.30. The topological polar surface area (TPSA) is 82.7 Å². The molecule has 0 aliphatic rings. The summed E-state index contributed by atoms with van der Waals surface area (Å²) in [5.41, 5.74) is 2.24. The van der Waals surface area contributed by atoms with Gasteiger partial charge in [-0.25, -0.2) is 0 Å². The first-order valence-electron chi connectivity index (χ1n) is 9.34. The molecule has 0 fully saturated rings. The van der Waals surface area contributed by atoms with Crippen molar-refractivity contribution in [2.45, 2.75) is 52.0 Å². The predicted octanol–water partition coefficient (Wildman–Crippen LogP) is 3.58. The van der Waals surface area contributed by atoms with Gasteiger partial charge in [-0.1, -0.05) is 31.1 Å². The standard InChI is InChI=1S/C20H30N4O2/c1-4-16(5-2)19-13-18(26-24-19)14-23-20(21-3)22-12-6-7-15-8-10-17(25)11-9-15/h8-11,13,16,25H,4-7,12,14H2,1-3H3,(H2,21,22,23). The molecule has 1 heterocycles. The summed E-state index contributed by atoms with van der Waals surface area (Å²) in [6.45, 7) is 5.72. The fourth-order valence-corrected chi connectivity index (χ4v) is 2.86. The van der Waals surface area contributed by atoms with Crippen molar-refractivity contribution in [3.05, 3.63) is 47.3 Å². The Balaban J connectivity index is 1.71. The van der Waals surface area contributed by atoms with Crippen LogP contribution in [0.2, 0.25) is 0 Å². The predicted molar refractivity (Wildman–Crippen MR) is 104 cm³/mol. The van der Waals surface area contributed by atoms with Gasteiger partial charge in [0.2, 0.25) is 0 Å². The van der Waals surface area contributed by atoms with E-state index in [2.05, 4.69) is 34.6 Å². The van der Waals surface area contributed by atoms with E-state index in [0.717, 1.165) is 49.6 Å². The lowest BCUT2D eigenvalue weighted by Gasteiger charge is -2.10. The van der Waals surface area contributed by atoms with E-state index in [9.17, 15) is 5.11 Å². The van der Waals surface area contributed by atoms with Crippen LogP contribution < -0.4 is 10.6 Å². The summed E-state index contributed by atoms with van der Waals surface area (Å²) in [6, 6.07) is 9.36. The van der Waals surface area contributed by atoms with Crippen LogP contribution in [0.5, 0.6) is 5.75 Å². The molecule has 1 aromatic heterocycles. The molecule has 0 saturated carbocycles. The summed E-state index contributed by atoms with van der Waals surface area (Å²) in [7, 11) is 1.76. The second-order valence-electron chi connectivity index (χ2n) is 6.35. The molecule has 2 rings (SSSR count). The highest BCUT2D eigenvalue weighted by atomic mass is 16.5. The molecule has 3 N–H and O–H groups in total. The zero-order valence-electron chi connectivity index (χ0n) is 16.0. The summed E-state index contributed by atoms with van der Waals surface area (Å²) in [5.74, 6) is 2.33. The third-order valence-corrected chi connectivity index (χ3v) is 4.51. The molecular weight excluding hydrogens is 328 g/mol. The lowest BCUT2D eigenvalue weighted by atomic mass is 9.99. The van der Waals surface area contributed by atoms with E-state index in [1.54, 1.807) is 19.2 Å². The smallest absolute Gasteiger partial charge is 0.191 e. The molecule has 0 aliphatic carbocycles. The molecule has 0 amide bonds. The first-order valence-corrected chi connectivity index (χ1v) is 9.34.